The maximum atomic E-state index is 14.1. The maximum Gasteiger partial charge on any atom is 0.210 e. The van der Waals surface area contributed by atoms with Crippen molar-refractivity contribution in [2.24, 2.45) is 0 Å². The lowest BCUT2D eigenvalue weighted by Gasteiger charge is -2.35. The molecule has 0 saturated carbocycles. The van der Waals surface area contributed by atoms with E-state index in [0.717, 1.165) is 16.8 Å². The first-order chi connectivity index (χ1) is 18.4. The van der Waals surface area contributed by atoms with E-state index in [4.69, 9.17) is 0 Å². The number of fused-ring (bicyclic) bond motifs is 7. The molecule has 38 heavy (non-hydrogen) atoms. The summed E-state index contributed by atoms with van der Waals surface area (Å²) in [4.78, 5) is 2.72. The Morgan fingerprint density at radius 1 is 0.842 bits per heavy atom. The Morgan fingerprint density at radius 3 is 2.42 bits per heavy atom. The first kappa shape index (κ1) is 23.0. The van der Waals surface area contributed by atoms with Crippen LogP contribution in [0.5, 0.6) is 0 Å². The largest absolute Gasteiger partial charge is 0.312 e. The minimum absolute atomic E-state index is 0.0509. The van der Waals surface area contributed by atoms with Crippen LogP contribution in [0.4, 0.5) is 11.4 Å². The van der Waals surface area contributed by atoms with E-state index in [1.165, 1.54) is 33.0 Å². The first-order valence-electron chi connectivity index (χ1n) is 13.0. The zero-order chi connectivity index (χ0) is 26.2. The number of para-hydroxylation sites is 1. The number of hydrogen-bond acceptors (Lipinski definition) is 3. The first-order valence-corrected chi connectivity index (χ1v) is 14.5. The number of aryl methyl sites for hydroxylation is 1. The zero-order valence-corrected chi connectivity index (χ0v) is 22.2. The molecule has 0 saturated heterocycles. The lowest BCUT2D eigenvalue weighted by molar-refractivity contribution is 0.594. The number of anilines is 2. The van der Waals surface area contributed by atoms with Gasteiger partial charge < -0.3 is 4.90 Å². The second-order valence-electron chi connectivity index (χ2n) is 10.2. The van der Waals surface area contributed by atoms with Gasteiger partial charge in [0.05, 0.1) is 21.2 Å². The molecule has 2 aliphatic rings. The third-order valence-electron chi connectivity index (χ3n) is 8.07. The van der Waals surface area contributed by atoms with Crippen molar-refractivity contribution in [1.82, 2.24) is 0 Å². The number of rotatable bonds is 3. The minimum Gasteiger partial charge on any atom is -0.312 e. The standard InChI is InChI=1S/C34H27NO2S/c1-4-22(3)35-29-15-9-10-16-30(29)38(36,37)31-20-24(19-21(2)34(31)35)32-26-13-7-8-14-27(26)33-25-12-6-5-11-23(25)17-18-28(32)33/h5-20,32H,3-4H2,1-2H3. The van der Waals surface area contributed by atoms with Gasteiger partial charge in [-0.05, 0) is 75.7 Å². The third kappa shape index (κ3) is 3.04. The van der Waals surface area contributed by atoms with Crippen molar-refractivity contribution in [2.45, 2.75) is 36.0 Å². The van der Waals surface area contributed by atoms with E-state index in [1.54, 1.807) is 12.1 Å². The molecule has 0 bridgehead atoms. The predicted octanol–water partition coefficient (Wildman–Crippen LogP) is 8.52. The molecule has 5 aromatic rings. The SMILES string of the molecule is C=C(CC)N1c2ccccc2S(=O)(=O)c2cc(C3c4ccccc4-c4c3ccc3ccccc43)cc(C)c21. The predicted molar refractivity (Wildman–Crippen MR) is 155 cm³/mol. The van der Waals surface area contributed by atoms with E-state index in [-0.39, 0.29) is 5.92 Å². The van der Waals surface area contributed by atoms with Gasteiger partial charge in [-0.15, -0.1) is 0 Å². The number of nitrogens with zero attached hydrogens (tertiary/aromatic N) is 1. The van der Waals surface area contributed by atoms with E-state index in [2.05, 4.69) is 73.3 Å². The highest BCUT2D eigenvalue weighted by molar-refractivity contribution is 7.92. The lowest BCUT2D eigenvalue weighted by Crippen LogP contribution is -2.26. The van der Waals surface area contributed by atoms with Crippen LogP contribution in [0.2, 0.25) is 0 Å². The summed E-state index contributed by atoms with van der Waals surface area (Å²) in [6, 6.07) is 32.7. The average Bonchev–Trinajstić information content (AvgIpc) is 3.28. The number of sulfone groups is 1. The van der Waals surface area contributed by atoms with Crippen LogP contribution >= 0.6 is 0 Å². The topological polar surface area (TPSA) is 37.4 Å². The summed E-state index contributed by atoms with van der Waals surface area (Å²) in [7, 11) is -3.72. The minimum atomic E-state index is -3.72. The quantitative estimate of drug-likeness (QED) is 0.238. The molecule has 1 aliphatic carbocycles. The van der Waals surface area contributed by atoms with E-state index in [0.29, 0.717) is 27.6 Å². The molecular weight excluding hydrogens is 486 g/mol. The van der Waals surface area contributed by atoms with Crippen molar-refractivity contribution in [2.75, 3.05) is 4.90 Å². The molecule has 5 aromatic carbocycles. The van der Waals surface area contributed by atoms with Crippen molar-refractivity contribution in [3.05, 3.63) is 132 Å². The highest BCUT2D eigenvalue weighted by Gasteiger charge is 2.38. The van der Waals surface area contributed by atoms with Gasteiger partial charge in [-0.25, -0.2) is 8.42 Å². The van der Waals surface area contributed by atoms with Crippen LogP contribution in [0, 0.1) is 6.92 Å². The summed E-state index contributed by atoms with van der Waals surface area (Å²) in [6.07, 6.45) is 0.714. The summed E-state index contributed by atoms with van der Waals surface area (Å²) in [5.74, 6) is -0.0509. The van der Waals surface area contributed by atoms with Crippen molar-refractivity contribution < 1.29 is 8.42 Å². The van der Waals surface area contributed by atoms with Crippen LogP contribution in [-0.2, 0) is 9.84 Å². The molecular formula is C34H27NO2S. The Bertz CT molecular complexity index is 1920. The van der Waals surface area contributed by atoms with Gasteiger partial charge in [0.1, 0.15) is 0 Å². The number of allylic oxidation sites excluding steroid dienone is 1. The summed E-state index contributed by atoms with van der Waals surface area (Å²) < 4.78 is 28.2. The molecule has 7 rings (SSSR count). The van der Waals surface area contributed by atoms with Crippen LogP contribution in [-0.4, -0.2) is 8.42 Å². The Labute approximate surface area is 223 Å². The summed E-state index contributed by atoms with van der Waals surface area (Å²) >= 11 is 0. The van der Waals surface area contributed by atoms with Crippen LogP contribution in [0.15, 0.2) is 119 Å². The molecule has 186 valence electrons. The van der Waals surface area contributed by atoms with Gasteiger partial charge in [0.15, 0.2) is 0 Å². The van der Waals surface area contributed by atoms with Crippen LogP contribution in [0.1, 0.15) is 41.5 Å². The van der Waals surface area contributed by atoms with Gasteiger partial charge in [-0.1, -0.05) is 92.4 Å². The van der Waals surface area contributed by atoms with E-state index in [9.17, 15) is 8.42 Å². The molecule has 1 atom stereocenters. The number of hydrogen-bond donors (Lipinski definition) is 0. The fraction of sp³-hybridized carbons (Fsp3) is 0.118. The molecule has 0 aromatic heterocycles. The second kappa shape index (κ2) is 8.17. The molecule has 0 N–H and O–H groups in total. The average molecular weight is 514 g/mol. The van der Waals surface area contributed by atoms with E-state index in [1.807, 2.05) is 36.9 Å². The van der Waals surface area contributed by atoms with Gasteiger partial charge in [0.2, 0.25) is 9.84 Å². The second-order valence-corrected chi connectivity index (χ2v) is 12.1. The molecule has 1 heterocycles. The van der Waals surface area contributed by atoms with Crippen molar-refractivity contribution in [1.29, 1.82) is 0 Å². The smallest absolute Gasteiger partial charge is 0.210 e. The van der Waals surface area contributed by atoms with Gasteiger partial charge in [0.25, 0.3) is 0 Å². The molecule has 0 spiro atoms. The lowest BCUT2D eigenvalue weighted by atomic mass is 9.87. The van der Waals surface area contributed by atoms with Crippen LogP contribution in [0.25, 0.3) is 21.9 Å². The van der Waals surface area contributed by atoms with E-state index < -0.39 is 9.84 Å². The highest BCUT2D eigenvalue weighted by atomic mass is 32.2. The highest BCUT2D eigenvalue weighted by Crippen LogP contribution is 2.53. The van der Waals surface area contributed by atoms with Gasteiger partial charge in [0, 0.05) is 11.6 Å². The molecule has 4 heteroatoms. The summed E-state index contributed by atoms with van der Waals surface area (Å²) in [5, 5.41) is 2.43. The Morgan fingerprint density at radius 2 is 1.58 bits per heavy atom. The zero-order valence-electron chi connectivity index (χ0n) is 21.4. The molecule has 0 fully saturated rings. The molecule has 0 radical (unpaired) electrons. The molecule has 0 amide bonds. The number of benzene rings is 5. The third-order valence-corrected chi connectivity index (χ3v) is 9.88. The van der Waals surface area contributed by atoms with Gasteiger partial charge in [-0.3, -0.25) is 0 Å². The van der Waals surface area contributed by atoms with Gasteiger partial charge >= 0.3 is 0 Å². The molecule has 1 aliphatic heterocycles. The van der Waals surface area contributed by atoms with E-state index >= 15 is 0 Å². The molecule has 3 nitrogen and oxygen atoms in total. The Kier molecular flexibility index (Phi) is 4.95. The monoisotopic (exact) mass is 513 g/mol. The maximum absolute atomic E-state index is 14.1. The van der Waals surface area contributed by atoms with Gasteiger partial charge in [-0.2, -0.15) is 0 Å². The fourth-order valence-electron chi connectivity index (χ4n) is 6.36. The van der Waals surface area contributed by atoms with Crippen LogP contribution in [0.3, 0.4) is 0 Å². The molecule has 1 unspecified atom stereocenters. The van der Waals surface area contributed by atoms with Crippen molar-refractivity contribution in [3.63, 3.8) is 0 Å². The fourth-order valence-corrected chi connectivity index (χ4v) is 8.09. The Balaban J connectivity index is 1.52. The van der Waals surface area contributed by atoms with Crippen molar-refractivity contribution in [3.8, 4) is 11.1 Å². The van der Waals surface area contributed by atoms with Crippen molar-refractivity contribution >= 4 is 32.0 Å². The van der Waals surface area contributed by atoms with Crippen LogP contribution < -0.4 is 4.90 Å². The summed E-state index contributed by atoms with van der Waals surface area (Å²) in [5.41, 5.74) is 9.06. The normalized spacial score (nSPS) is 16.5. The Hall–Kier alpha value is -4.15. The summed E-state index contributed by atoms with van der Waals surface area (Å²) in [6.45, 7) is 8.37.